The number of hydrogen-bond acceptors (Lipinski definition) is 7. The summed E-state index contributed by atoms with van der Waals surface area (Å²) in [5.41, 5.74) is 5.41. The Labute approximate surface area is 252 Å². The number of ketones is 1. The number of Topliss-reactive ketones (excluding diaryl/α,β-unsaturated/α-hetero) is 1. The number of fused-ring (bicyclic) bond motifs is 2. The lowest BCUT2D eigenvalue weighted by Gasteiger charge is -2.12. The van der Waals surface area contributed by atoms with Crippen LogP contribution >= 0.6 is 0 Å². The molecule has 0 fully saturated rings. The maximum absolute atomic E-state index is 13.9. The van der Waals surface area contributed by atoms with Gasteiger partial charge in [-0.15, -0.1) is 10.2 Å². The first-order chi connectivity index (χ1) is 21.6. The predicted octanol–water partition coefficient (Wildman–Crippen LogP) is 6.07. The second-order valence-electron chi connectivity index (χ2n) is 10.7. The molecule has 3 aromatic carbocycles. The number of pyridine rings is 1. The minimum atomic E-state index is -0.267. The number of unbranched alkanes of at least 4 members (excludes halogenated alkanes) is 1. The molecule has 0 atom stereocenters. The molecule has 218 valence electrons. The van der Waals surface area contributed by atoms with Gasteiger partial charge in [-0.2, -0.15) is 5.21 Å². The van der Waals surface area contributed by atoms with Gasteiger partial charge in [-0.25, -0.2) is 4.98 Å². The molecule has 4 heterocycles. The predicted molar refractivity (Wildman–Crippen MR) is 167 cm³/mol. The fraction of sp³-hybridized carbons (Fsp3) is 0.176. The number of H-pyrrole nitrogens is 1. The first kappa shape index (κ1) is 27.2. The lowest BCUT2D eigenvalue weighted by atomic mass is 9.98. The standard InChI is InChI=1S/C34H29N7O3/c1-2-3-12-31-35-27-17-18-40(21-28(42)30-19-24-8-4-7-11-29(24)44-30)34(43)32(27)41(31)20-22-13-15-23(16-14-22)25-9-5-6-10-26(25)33-36-38-39-37-33/h4-11,13-19H,2-3,12,20-21H2,1H3,(H,36,37,38,39). The average Bonchev–Trinajstić information content (AvgIpc) is 3.81. The summed E-state index contributed by atoms with van der Waals surface area (Å²) in [4.78, 5) is 31.9. The summed E-state index contributed by atoms with van der Waals surface area (Å²) in [5, 5.41) is 15.4. The van der Waals surface area contributed by atoms with Crippen molar-refractivity contribution in [2.45, 2.75) is 39.3 Å². The molecule has 10 heteroatoms. The van der Waals surface area contributed by atoms with Gasteiger partial charge in [0.1, 0.15) is 16.9 Å². The third-order valence-electron chi connectivity index (χ3n) is 7.84. The van der Waals surface area contributed by atoms with Gasteiger partial charge < -0.3 is 13.6 Å². The largest absolute Gasteiger partial charge is 0.453 e. The number of nitrogens with one attached hydrogen (secondary N) is 1. The average molecular weight is 584 g/mol. The van der Waals surface area contributed by atoms with E-state index in [2.05, 4.69) is 51.8 Å². The second-order valence-corrected chi connectivity index (χ2v) is 10.7. The molecule has 0 amide bonds. The number of hydrogen-bond donors (Lipinski definition) is 1. The van der Waals surface area contributed by atoms with E-state index in [1.165, 1.54) is 4.57 Å². The molecule has 7 aromatic rings. The van der Waals surface area contributed by atoms with Crippen molar-refractivity contribution in [3.8, 4) is 22.5 Å². The fourth-order valence-electron chi connectivity index (χ4n) is 5.58. The first-order valence-electron chi connectivity index (χ1n) is 14.6. The Bertz CT molecular complexity index is 2120. The molecule has 0 unspecified atom stereocenters. The Balaban J connectivity index is 1.21. The number of para-hydroxylation sites is 1. The van der Waals surface area contributed by atoms with E-state index >= 15 is 0 Å². The molecule has 0 spiro atoms. The summed E-state index contributed by atoms with van der Waals surface area (Å²) < 4.78 is 9.20. The van der Waals surface area contributed by atoms with Crippen LogP contribution in [0, 0.1) is 0 Å². The van der Waals surface area contributed by atoms with Crippen LogP contribution in [0.5, 0.6) is 0 Å². The van der Waals surface area contributed by atoms with E-state index in [0.29, 0.717) is 29.0 Å². The number of furan rings is 1. The minimum Gasteiger partial charge on any atom is -0.453 e. The fourth-order valence-corrected chi connectivity index (χ4v) is 5.58. The van der Waals surface area contributed by atoms with Gasteiger partial charge in [-0.3, -0.25) is 9.59 Å². The van der Waals surface area contributed by atoms with E-state index in [1.807, 2.05) is 59.2 Å². The molecule has 0 saturated heterocycles. The molecule has 0 radical (unpaired) electrons. The third-order valence-corrected chi connectivity index (χ3v) is 7.84. The normalized spacial score (nSPS) is 11.5. The van der Waals surface area contributed by atoms with Gasteiger partial charge in [0.25, 0.3) is 5.56 Å². The number of rotatable bonds is 10. The van der Waals surface area contributed by atoms with Gasteiger partial charge in [0.05, 0.1) is 12.1 Å². The Hall–Kier alpha value is -5.64. The summed E-state index contributed by atoms with van der Waals surface area (Å²) in [6, 6.07) is 27.2. The van der Waals surface area contributed by atoms with Crippen molar-refractivity contribution >= 4 is 27.8 Å². The van der Waals surface area contributed by atoms with Crippen molar-refractivity contribution in [3.63, 3.8) is 0 Å². The van der Waals surface area contributed by atoms with Crippen LogP contribution < -0.4 is 5.56 Å². The number of nitrogens with zero attached hydrogens (tertiary/aromatic N) is 6. The molecular weight excluding hydrogens is 554 g/mol. The van der Waals surface area contributed by atoms with Crippen LogP contribution in [0.2, 0.25) is 0 Å². The van der Waals surface area contributed by atoms with Crippen LogP contribution in [-0.4, -0.2) is 40.5 Å². The molecule has 44 heavy (non-hydrogen) atoms. The van der Waals surface area contributed by atoms with Gasteiger partial charge >= 0.3 is 0 Å². The lowest BCUT2D eigenvalue weighted by molar-refractivity contribution is 0.0946. The molecule has 1 N–H and O–H groups in total. The maximum Gasteiger partial charge on any atom is 0.277 e. The van der Waals surface area contributed by atoms with E-state index < -0.39 is 0 Å². The topological polar surface area (TPSA) is 124 Å². The summed E-state index contributed by atoms with van der Waals surface area (Å²) >= 11 is 0. The van der Waals surface area contributed by atoms with E-state index in [4.69, 9.17) is 9.40 Å². The second kappa shape index (κ2) is 11.6. The van der Waals surface area contributed by atoms with E-state index in [9.17, 15) is 9.59 Å². The smallest absolute Gasteiger partial charge is 0.277 e. The van der Waals surface area contributed by atoms with Crippen LogP contribution in [0.3, 0.4) is 0 Å². The number of benzene rings is 3. The zero-order valence-electron chi connectivity index (χ0n) is 24.1. The highest BCUT2D eigenvalue weighted by Gasteiger charge is 2.19. The zero-order valence-corrected chi connectivity index (χ0v) is 24.1. The molecule has 0 aliphatic heterocycles. The number of carbonyl (C=O) groups excluding carboxylic acids is 1. The minimum absolute atomic E-state index is 0.126. The quantitative estimate of drug-likeness (QED) is 0.194. The molecule has 7 rings (SSSR count). The maximum atomic E-state index is 13.9. The molecule has 0 bridgehead atoms. The van der Waals surface area contributed by atoms with Crippen LogP contribution in [0.1, 0.15) is 41.7 Å². The van der Waals surface area contributed by atoms with Gasteiger partial charge in [0.15, 0.2) is 5.76 Å². The Morgan fingerprint density at radius 1 is 0.955 bits per heavy atom. The SMILES string of the molecule is CCCCc1nc2ccn(CC(=O)c3cc4ccccc4o3)c(=O)c2n1Cc1ccc(-c2ccccc2-c2nn[nH]n2)cc1. The van der Waals surface area contributed by atoms with E-state index in [0.717, 1.165) is 52.7 Å². The zero-order chi connectivity index (χ0) is 30.0. The molecule has 0 aliphatic carbocycles. The monoisotopic (exact) mass is 583 g/mol. The van der Waals surface area contributed by atoms with Crippen molar-refractivity contribution in [3.05, 3.63) is 119 Å². The van der Waals surface area contributed by atoms with Gasteiger partial charge in [0.2, 0.25) is 11.6 Å². The number of carbonyl (C=O) groups is 1. The van der Waals surface area contributed by atoms with E-state index in [-0.39, 0.29) is 23.6 Å². The van der Waals surface area contributed by atoms with Crippen molar-refractivity contribution in [1.82, 2.24) is 34.7 Å². The van der Waals surface area contributed by atoms with Crippen molar-refractivity contribution in [2.75, 3.05) is 0 Å². The van der Waals surface area contributed by atoms with Crippen LogP contribution in [0.25, 0.3) is 44.5 Å². The molecular formula is C34H29N7O3. The third kappa shape index (κ3) is 5.11. The van der Waals surface area contributed by atoms with E-state index in [1.54, 1.807) is 12.3 Å². The number of imidazole rings is 1. The lowest BCUT2D eigenvalue weighted by Crippen LogP contribution is -2.25. The van der Waals surface area contributed by atoms with Gasteiger partial charge in [-0.1, -0.05) is 80.1 Å². The number of aromatic amines is 1. The van der Waals surface area contributed by atoms with Gasteiger partial charge in [-0.05, 0) is 46.5 Å². The molecule has 0 aliphatic rings. The summed E-state index contributed by atoms with van der Waals surface area (Å²) in [5.74, 6) is 1.35. The number of aromatic nitrogens is 7. The van der Waals surface area contributed by atoms with Gasteiger partial charge in [0, 0.05) is 30.1 Å². The van der Waals surface area contributed by atoms with Crippen LogP contribution in [0.4, 0.5) is 0 Å². The summed E-state index contributed by atoms with van der Waals surface area (Å²) in [7, 11) is 0. The summed E-state index contributed by atoms with van der Waals surface area (Å²) in [6.07, 6.45) is 4.35. The van der Waals surface area contributed by atoms with Crippen molar-refractivity contribution < 1.29 is 9.21 Å². The molecule has 0 saturated carbocycles. The Kier molecular flexibility index (Phi) is 7.15. The highest BCUT2D eigenvalue weighted by atomic mass is 16.3. The van der Waals surface area contributed by atoms with Crippen LogP contribution in [0.15, 0.2) is 100 Å². The van der Waals surface area contributed by atoms with Crippen LogP contribution in [-0.2, 0) is 19.5 Å². The first-order valence-corrected chi connectivity index (χ1v) is 14.6. The molecule has 4 aromatic heterocycles. The highest BCUT2D eigenvalue weighted by molar-refractivity contribution is 5.97. The summed E-state index contributed by atoms with van der Waals surface area (Å²) in [6.45, 7) is 2.48. The highest BCUT2D eigenvalue weighted by Crippen LogP contribution is 2.30. The van der Waals surface area contributed by atoms with Crippen molar-refractivity contribution in [1.29, 1.82) is 0 Å². The number of tetrazole rings is 1. The number of aryl methyl sites for hydroxylation is 1. The molecule has 10 nitrogen and oxygen atoms in total. The Morgan fingerprint density at radius 3 is 2.52 bits per heavy atom. The Morgan fingerprint density at radius 2 is 1.75 bits per heavy atom. The van der Waals surface area contributed by atoms with Crippen molar-refractivity contribution in [2.24, 2.45) is 0 Å².